The number of nitrogens with two attached hydrogens (primary N) is 1. The third-order valence-corrected chi connectivity index (χ3v) is 5.07. The quantitative estimate of drug-likeness (QED) is 0.644. The van der Waals surface area contributed by atoms with Gasteiger partial charge >= 0.3 is 0 Å². The summed E-state index contributed by atoms with van der Waals surface area (Å²) in [6, 6.07) is 5.13. The summed E-state index contributed by atoms with van der Waals surface area (Å²) in [5, 5.41) is 9.60. The van der Waals surface area contributed by atoms with E-state index in [4.69, 9.17) is 15.2 Å². The zero-order valence-electron chi connectivity index (χ0n) is 10.8. The molecule has 5 heteroatoms. The van der Waals surface area contributed by atoms with Crippen molar-refractivity contribution in [2.24, 2.45) is 0 Å². The van der Waals surface area contributed by atoms with Gasteiger partial charge in [0.05, 0.1) is 12.2 Å². The number of benzene rings is 1. The van der Waals surface area contributed by atoms with Crippen LogP contribution in [0.2, 0.25) is 0 Å². The number of rotatable bonds is 2. The van der Waals surface area contributed by atoms with E-state index >= 15 is 0 Å². The van der Waals surface area contributed by atoms with Crippen molar-refractivity contribution in [2.75, 3.05) is 23.8 Å². The summed E-state index contributed by atoms with van der Waals surface area (Å²) in [7, 11) is 0. The number of hydrogen-bond donors (Lipinski definition) is 2. The SMILES string of the molecule is Nc1c(O)cccc1OC1CCOC2(CCSC2)C1. The van der Waals surface area contributed by atoms with Gasteiger partial charge in [0.2, 0.25) is 0 Å². The molecule has 2 saturated heterocycles. The first kappa shape index (κ1) is 12.9. The van der Waals surface area contributed by atoms with Crippen LogP contribution < -0.4 is 10.5 Å². The van der Waals surface area contributed by atoms with Crippen LogP contribution in [0.5, 0.6) is 11.5 Å². The maximum atomic E-state index is 9.60. The smallest absolute Gasteiger partial charge is 0.146 e. The second-order valence-corrected chi connectivity index (χ2v) is 6.36. The molecular weight excluding hydrogens is 262 g/mol. The van der Waals surface area contributed by atoms with Crippen LogP contribution in [0.25, 0.3) is 0 Å². The summed E-state index contributed by atoms with van der Waals surface area (Å²) in [6.45, 7) is 0.740. The Balaban J connectivity index is 1.71. The van der Waals surface area contributed by atoms with Gasteiger partial charge < -0.3 is 20.3 Å². The van der Waals surface area contributed by atoms with Gasteiger partial charge in [0.15, 0.2) is 0 Å². The van der Waals surface area contributed by atoms with Gasteiger partial charge in [0, 0.05) is 18.6 Å². The minimum Gasteiger partial charge on any atom is -0.506 e. The Bertz CT molecular complexity index is 460. The van der Waals surface area contributed by atoms with E-state index in [1.54, 1.807) is 18.2 Å². The number of thioether (sulfide) groups is 1. The van der Waals surface area contributed by atoms with Crippen LogP contribution >= 0.6 is 11.8 Å². The number of para-hydroxylation sites is 1. The Labute approximate surface area is 117 Å². The van der Waals surface area contributed by atoms with Crippen molar-refractivity contribution in [3.63, 3.8) is 0 Å². The second kappa shape index (κ2) is 5.13. The van der Waals surface area contributed by atoms with Crippen molar-refractivity contribution in [1.82, 2.24) is 0 Å². The first-order chi connectivity index (χ1) is 9.19. The average Bonchev–Trinajstić information content (AvgIpc) is 2.83. The third kappa shape index (κ3) is 2.62. The number of anilines is 1. The molecule has 0 saturated carbocycles. The molecule has 2 aliphatic rings. The minimum atomic E-state index is -0.000823. The normalized spacial score (nSPS) is 30.6. The first-order valence-corrected chi connectivity index (χ1v) is 7.80. The molecule has 0 bridgehead atoms. The van der Waals surface area contributed by atoms with Crippen molar-refractivity contribution >= 4 is 17.4 Å². The molecule has 0 radical (unpaired) electrons. The van der Waals surface area contributed by atoms with E-state index in [1.165, 1.54) is 5.75 Å². The molecule has 3 N–H and O–H groups in total. The van der Waals surface area contributed by atoms with Crippen LogP contribution in [-0.4, -0.2) is 34.9 Å². The summed E-state index contributed by atoms with van der Waals surface area (Å²) in [5.41, 5.74) is 6.16. The zero-order chi connectivity index (χ0) is 13.3. The second-order valence-electron chi connectivity index (χ2n) is 5.26. The molecule has 2 atom stereocenters. The Kier molecular flexibility index (Phi) is 3.50. The number of aromatic hydroxyl groups is 1. The van der Waals surface area contributed by atoms with Crippen LogP contribution in [0, 0.1) is 0 Å². The van der Waals surface area contributed by atoms with E-state index in [1.807, 2.05) is 11.8 Å². The summed E-state index contributed by atoms with van der Waals surface area (Å²) in [5.74, 6) is 2.88. The highest BCUT2D eigenvalue weighted by atomic mass is 32.2. The van der Waals surface area contributed by atoms with Gasteiger partial charge in [-0.3, -0.25) is 0 Å². The molecule has 19 heavy (non-hydrogen) atoms. The molecule has 2 unspecified atom stereocenters. The molecule has 1 aromatic rings. The van der Waals surface area contributed by atoms with Gasteiger partial charge in [0.1, 0.15) is 23.3 Å². The molecule has 2 heterocycles. The molecule has 0 aromatic heterocycles. The van der Waals surface area contributed by atoms with Crippen molar-refractivity contribution < 1.29 is 14.6 Å². The van der Waals surface area contributed by atoms with Gasteiger partial charge in [-0.15, -0.1) is 0 Å². The molecule has 3 rings (SSSR count). The van der Waals surface area contributed by atoms with E-state index in [-0.39, 0.29) is 17.5 Å². The fourth-order valence-corrected chi connectivity index (χ4v) is 4.14. The summed E-state index contributed by atoms with van der Waals surface area (Å²) >= 11 is 1.95. The molecule has 104 valence electrons. The van der Waals surface area contributed by atoms with Crippen LogP contribution in [0.4, 0.5) is 5.69 Å². The molecule has 0 aliphatic carbocycles. The van der Waals surface area contributed by atoms with E-state index in [9.17, 15) is 5.11 Å². The monoisotopic (exact) mass is 281 g/mol. The van der Waals surface area contributed by atoms with Gasteiger partial charge in [-0.05, 0) is 24.3 Å². The Hall–Kier alpha value is -1.07. The maximum Gasteiger partial charge on any atom is 0.146 e. The highest BCUT2D eigenvalue weighted by Gasteiger charge is 2.41. The zero-order valence-corrected chi connectivity index (χ0v) is 11.6. The number of phenols is 1. The van der Waals surface area contributed by atoms with Crippen molar-refractivity contribution in [3.8, 4) is 11.5 Å². The van der Waals surface area contributed by atoms with Crippen molar-refractivity contribution in [2.45, 2.75) is 31.0 Å². The molecule has 1 spiro atoms. The fourth-order valence-electron chi connectivity index (χ4n) is 2.76. The third-order valence-electron chi connectivity index (χ3n) is 3.85. The van der Waals surface area contributed by atoms with Crippen LogP contribution in [0.3, 0.4) is 0 Å². The lowest BCUT2D eigenvalue weighted by Crippen LogP contribution is -2.43. The minimum absolute atomic E-state index is 0.000823. The Morgan fingerprint density at radius 3 is 3.16 bits per heavy atom. The lowest BCUT2D eigenvalue weighted by Gasteiger charge is -2.37. The summed E-state index contributed by atoms with van der Waals surface area (Å²) in [6.07, 6.45) is 3.01. The summed E-state index contributed by atoms with van der Waals surface area (Å²) < 4.78 is 11.9. The number of nitrogen functional groups attached to an aromatic ring is 1. The molecule has 1 aromatic carbocycles. The van der Waals surface area contributed by atoms with Gasteiger partial charge in [-0.25, -0.2) is 0 Å². The van der Waals surface area contributed by atoms with E-state index in [0.29, 0.717) is 11.4 Å². The Morgan fingerprint density at radius 1 is 1.47 bits per heavy atom. The molecule has 2 fully saturated rings. The van der Waals surface area contributed by atoms with Gasteiger partial charge in [-0.1, -0.05) is 6.07 Å². The predicted octanol–water partition coefficient (Wildman–Crippen LogP) is 2.41. The summed E-state index contributed by atoms with van der Waals surface area (Å²) in [4.78, 5) is 0. The average molecular weight is 281 g/mol. The first-order valence-electron chi connectivity index (χ1n) is 6.64. The number of phenolic OH excluding ortho intramolecular Hbond substituents is 1. The van der Waals surface area contributed by atoms with Crippen molar-refractivity contribution in [1.29, 1.82) is 0 Å². The van der Waals surface area contributed by atoms with Crippen molar-refractivity contribution in [3.05, 3.63) is 18.2 Å². The standard InChI is InChI=1S/C14H19NO3S/c15-13-11(16)2-1-3-12(13)18-10-4-6-17-14(8-10)5-7-19-9-14/h1-3,10,16H,4-9,15H2. The molecule has 4 nitrogen and oxygen atoms in total. The van der Waals surface area contributed by atoms with Gasteiger partial charge in [-0.2, -0.15) is 11.8 Å². The lowest BCUT2D eigenvalue weighted by atomic mass is 9.91. The van der Waals surface area contributed by atoms with Crippen LogP contribution in [0.15, 0.2) is 18.2 Å². The fraction of sp³-hybridized carbons (Fsp3) is 0.571. The van der Waals surface area contributed by atoms with E-state index in [0.717, 1.165) is 31.6 Å². The highest BCUT2D eigenvalue weighted by molar-refractivity contribution is 7.99. The number of hydrogen-bond acceptors (Lipinski definition) is 5. The highest BCUT2D eigenvalue weighted by Crippen LogP contribution is 2.40. The van der Waals surface area contributed by atoms with Crippen LogP contribution in [0.1, 0.15) is 19.3 Å². The number of ether oxygens (including phenoxy) is 2. The van der Waals surface area contributed by atoms with Crippen LogP contribution in [-0.2, 0) is 4.74 Å². The topological polar surface area (TPSA) is 64.7 Å². The molecular formula is C14H19NO3S. The molecule has 0 amide bonds. The largest absolute Gasteiger partial charge is 0.506 e. The predicted molar refractivity (Wildman–Crippen MR) is 76.8 cm³/mol. The lowest BCUT2D eigenvalue weighted by molar-refractivity contribution is -0.0957. The Morgan fingerprint density at radius 2 is 2.37 bits per heavy atom. The van der Waals surface area contributed by atoms with E-state index < -0.39 is 0 Å². The van der Waals surface area contributed by atoms with E-state index in [2.05, 4.69) is 0 Å². The maximum absolute atomic E-state index is 9.60. The molecule has 2 aliphatic heterocycles. The van der Waals surface area contributed by atoms with Gasteiger partial charge in [0.25, 0.3) is 0 Å².